The minimum atomic E-state index is -0.968. The van der Waals surface area contributed by atoms with Gasteiger partial charge < -0.3 is 20.2 Å². The molecule has 0 unspecified atom stereocenters. The van der Waals surface area contributed by atoms with E-state index in [1.54, 1.807) is 12.1 Å². The molecule has 5 rings (SSSR count). The van der Waals surface area contributed by atoms with Crippen LogP contribution >= 0.6 is 0 Å². The Labute approximate surface area is 188 Å². The molecule has 1 aromatic heterocycles. The van der Waals surface area contributed by atoms with Crippen molar-refractivity contribution in [1.82, 2.24) is 9.88 Å². The van der Waals surface area contributed by atoms with Crippen molar-refractivity contribution in [3.63, 3.8) is 0 Å². The van der Waals surface area contributed by atoms with Gasteiger partial charge in [-0.25, -0.2) is 9.78 Å². The molecule has 1 saturated carbocycles. The fourth-order valence-corrected chi connectivity index (χ4v) is 5.29. The van der Waals surface area contributed by atoms with Crippen LogP contribution in [0.5, 0.6) is 0 Å². The molecule has 0 bridgehead atoms. The van der Waals surface area contributed by atoms with Crippen LogP contribution < -0.4 is 10.2 Å². The number of hydrogen-bond donors (Lipinski definition) is 2. The van der Waals surface area contributed by atoms with E-state index in [-0.39, 0.29) is 17.4 Å². The summed E-state index contributed by atoms with van der Waals surface area (Å²) < 4.78 is 0. The van der Waals surface area contributed by atoms with Crippen molar-refractivity contribution >= 4 is 34.3 Å². The van der Waals surface area contributed by atoms with Crippen LogP contribution in [0.2, 0.25) is 0 Å². The van der Waals surface area contributed by atoms with Crippen molar-refractivity contribution < 1.29 is 14.7 Å². The number of carboxylic acids is 1. The summed E-state index contributed by atoms with van der Waals surface area (Å²) in [6, 6.07) is 7.72. The van der Waals surface area contributed by atoms with Gasteiger partial charge in [-0.2, -0.15) is 0 Å². The third kappa shape index (κ3) is 4.31. The van der Waals surface area contributed by atoms with Gasteiger partial charge in [-0.15, -0.1) is 0 Å². The van der Waals surface area contributed by atoms with Gasteiger partial charge in [0.1, 0.15) is 5.82 Å². The third-order valence-electron chi connectivity index (χ3n) is 7.46. The Kier molecular flexibility index (Phi) is 6.00. The molecule has 2 aromatic rings. The molecule has 2 aliphatic heterocycles. The van der Waals surface area contributed by atoms with E-state index in [1.165, 1.54) is 32.4 Å². The zero-order valence-corrected chi connectivity index (χ0v) is 18.6. The highest BCUT2D eigenvalue weighted by Crippen LogP contribution is 2.31. The Morgan fingerprint density at radius 2 is 1.69 bits per heavy atom. The number of aromatic nitrogens is 1. The lowest BCUT2D eigenvalue weighted by Crippen LogP contribution is -2.47. The summed E-state index contributed by atoms with van der Waals surface area (Å²) in [4.78, 5) is 34.0. The van der Waals surface area contributed by atoms with Gasteiger partial charge in [-0.1, -0.05) is 12.8 Å². The molecule has 0 atom stereocenters. The summed E-state index contributed by atoms with van der Waals surface area (Å²) in [6.45, 7) is 4.21. The smallest absolute Gasteiger partial charge is 0.336 e. The first-order chi connectivity index (χ1) is 15.6. The average molecular weight is 437 g/mol. The Morgan fingerprint density at radius 3 is 2.34 bits per heavy atom. The van der Waals surface area contributed by atoms with E-state index in [1.807, 2.05) is 12.1 Å². The molecule has 7 nitrogen and oxygen atoms in total. The molecular formula is C25H32N4O3. The van der Waals surface area contributed by atoms with Crippen LogP contribution in [0.3, 0.4) is 0 Å². The number of nitrogens with zero attached hydrogens (tertiary/aromatic N) is 3. The fourth-order valence-electron chi connectivity index (χ4n) is 5.29. The number of piperidine rings is 2. The number of aromatic carboxylic acids is 1. The first kappa shape index (κ1) is 21.2. The lowest BCUT2D eigenvalue weighted by molar-refractivity contribution is -0.122. The predicted molar refractivity (Wildman–Crippen MR) is 125 cm³/mol. The molecule has 0 radical (unpaired) electrons. The number of anilines is 2. The van der Waals surface area contributed by atoms with Crippen LogP contribution in [0.15, 0.2) is 24.3 Å². The van der Waals surface area contributed by atoms with Crippen molar-refractivity contribution in [3.8, 4) is 0 Å². The first-order valence-electron chi connectivity index (χ1n) is 12.1. The van der Waals surface area contributed by atoms with Crippen LogP contribution in [0.25, 0.3) is 10.9 Å². The molecule has 2 N–H and O–H groups in total. The van der Waals surface area contributed by atoms with Gasteiger partial charge in [0.05, 0.1) is 11.1 Å². The van der Waals surface area contributed by atoms with Gasteiger partial charge >= 0.3 is 5.97 Å². The van der Waals surface area contributed by atoms with E-state index in [0.29, 0.717) is 22.6 Å². The number of rotatable bonds is 5. The average Bonchev–Trinajstić information content (AvgIpc) is 2.78. The summed E-state index contributed by atoms with van der Waals surface area (Å²) in [5.41, 5.74) is 1.52. The Balaban J connectivity index is 1.34. The van der Waals surface area contributed by atoms with Gasteiger partial charge in [0.15, 0.2) is 0 Å². The quantitative estimate of drug-likeness (QED) is 0.733. The zero-order chi connectivity index (χ0) is 22.1. The Bertz CT molecular complexity index is 1010. The van der Waals surface area contributed by atoms with Gasteiger partial charge in [0, 0.05) is 36.1 Å². The second-order valence-corrected chi connectivity index (χ2v) is 9.50. The maximum atomic E-state index is 12.3. The largest absolute Gasteiger partial charge is 0.478 e. The highest BCUT2D eigenvalue weighted by atomic mass is 16.4. The minimum absolute atomic E-state index is 0.0219. The lowest BCUT2D eigenvalue weighted by Gasteiger charge is -2.40. The van der Waals surface area contributed by atoms with Crippen molar-refractivity contribution in [2.75, 3.05) is 36.4 Å². The second kappa shape index (κ2) is 9.06. The van der Waals surface area contributed by atoms with Gasteiger partial charge in [0.2, 0.25) is 5.91 Å². The SMILES string of the molecule is O=C(O)c1cc(N2CCC(N3CCCCC3)CC2)nc2ccc(NC(=O)C3CCC3)cc12. The number of fused-ring (bicyclic) bond motifs is 1. The number of amides is 1. The van der Waals surface area contributed by atoms with Crippen LogP contribution in [0.1, 0.15) is 61.7 Å². The van der Waals surface area contributed by atoms with E-state index in [4.69, 9.17) is 4.98 Å². The monoisotopic (exact) mass is 436 g/mol. The molecule has 0 spiro atoms. The van der Waals surface area contributed by atoms with Crippen molar-refractivity contribution in [3.05, 3.63) is 29.8 Å². The summed E-state index contributed by atoms with van der Waals surface area (Å²) >= 11 is 0. The van der Waals surface area contributed by atoms with Crippen molar-refractivity contribution in [2.24, 2.45) is 5.92 Å². The number of benzene rings is 1. The van der Waals surface area contributed by atoms with Crippen LogP contribution in [0.4, 0.5) is 11.5 Å². The van der Waals surface area contributed by atoms with Crippen molar-refractivity contribution in [2.45, 2.75) is 57.4 Å². The summed E-state index contributed by atoms with van der Waals surface area (Å²) in [5.74, 6) is -0.130. The van der Waals surface area contributed by atoms with Crippen LogP contribution in [-0.4, -0.2) is 59.1 Å². The van der Waals surface area contributed by atoms with Crippen LogP contribution in [0, 0.1) is 5.92 Å². The highest BCUT2D eigenvalue weighted by molar-refractivity contribution is 6.05. The molecular weight excluding hydrogens is 404 g/mol. The second-order valence-electron chi connectivity index (χ2n) is 9.50. The maximum Gasteiger partial charge on any atom is 0.336 e. The summed E-state index contributed by atoms with van der Waals surface area (Å²) in [5, 5.41) is 13.4. The summed E-state index contributed by atoms with van der Waals surface area (Å²) in [6.07, 6.45) is 9.09. The van der Waals surface area contributed by atoms with E-state index < -0.39 is 5.97 Å². The highest BCUT2D eigenvalue weighted by Gasteiger charge is 2.28. The predicted octanol–water partition coefficient (Wildman–Crippen LogP) is 4.13. The topological polar surface area (TPSA) is 85.8 Å². The third-order valence-corrected chi connectivity index (χ3v) is 7.46. The molecule has 1 amide bonds. The molecule has 170 valence electrons. The number of carboxylic acid groups (broad SMARTS) is 1. The minimum Gasteiger partial charge on any atom is -0.478 e. The zero-order valence-electron chi connectivity index (χ0n) is 18.6. The normalized spacial score (nSPS) is 20.8. The Hall–Kier alpha value is -2.67. The van der Waals surface area contributed by atoms with Crippen molar-refractivity contribution in [1.29, 1.82) is 0 Å². The fraction of sp³-hybridized carbons (Fsp3) is 0.560. The van der Waals surface area contributed by atoms with Gasteiger partial charge in [-0.3, -0.25) is 4.79 Å². The molecule has 2 saturated heterocycles. The lowest BCUT2D eigenvalue weighted by atomic mass is 9.85. The number of nitrogens with one attached hydrogen (secondary N) is 1. The van der Waals surface area contributed by atoms with E-state index in [0.717, 1.165) is 51.0 Å². The maximum absolute atomic E-state index is 12.3. The van der Waals surface area contributed by atoms with Gasteiger partial charge in [0.25, 0.3) is 0 Å². The standard InChI is InChI=1S/C25H32N4O3/c30-24(17-5-4-6-17)26-18-7-8-22-20(15-18)21(25(31)32)16-23(27-22)29-13-9-19(10-14-29)28-11-2-1-3-12-28/h7-8,15-17,19H,1-6,9-14H2,(H,26,30)(H,31,32). The van der Waals surface area contributed by atoms with E-state index >= 15 is 0 Å². The Morgan fingerprint density at radius 1 is 0.938 bits per heavy atom. The first-order valence-corrected chi connectivity index (χ1v) is 12.1. The number of carbonyl (C=O) groups excluding carboxylic acids is 1. The molecule has 3 aliphatic rings. The molecule has 3 heterocycles. The van der Waals surface area contributed by atoms with Gasteiger partial charge in [-0.05, 0) is 75.9 Å². The molecule has 32 heavy (non-hydrogen) atoms. The van der Waals surface area contributed by atoms with E-state index in [2.05, 4.69) is 15.1 Å². The molecule has 1 aliphatic carbocycles. The summed E-state index contributed by atoms with van der Waals surface area (Å²) in [7, 11) is 0. The molecule has 1 aromatic carbocycles. The number of hydrogen-bond acceptors (Lipinski definition) is 5. The van der Waals surface area contributed by atoms with E-state index in [9.17, 15) is 14.7 Å². The number of likely N-dealkylation sites (tertiary alicyclic amines) is 1. The molecule has 7 heteroatoms. The van der Waals surface area contributed by atoms with Crippen LogP contribution in [-0.2, 0) is 4.79 Å². The number of carbonyl (C=O) groups is 2. The molecule has 3 fully saturated rings. The number of pyridine rings is 1.